The maximum Gasteiger partial charge on any atom is 0.408 e. The van der Waals surface area contributed by atoms with Gasteiger partial charge in [-0.05, 0) is 51.7 Å². The van der Waals surface area contributed by atoms with Crippen LogP contribution < -0.4 is 10.6 Å². The molecule has 0 fully saturated rings. The number of nitrogens with one attached hydrogen (secondary N) is 2. The molecule has 9 heteroatoms. The first-order chi connectivity index (χ1) is 15.2. The first-order valence-electron chi connectivity index (χ1n) is 10.9. The van der Waals surface area contributed by atoms with Crippen molar-refractivity contribution < 1.29 is 28.7 Å². The van der Waals surface area contributed by atoms with E-state index in [0.717, 1.165) is 11.1 Å². The minimum atomic E-state index is -1.02. The number of rotatable bonds is 8. The lowest BCUT2D eigenvalue weighted by Gasteiger charge is -2.33. The second-order valence-electron chi connectivity index (χ2n) is 9.37. The van der Waals surface area contributed by atoms with Gasteiger partial charge in [0.25, 0.3) is 0 Å². The predicted octanol–water partition coefficient (Wildman–Crippen LogP) is 2.64. The molecule has 0 bridgehead atoms. The lowest BCUT2D eigenvalue weighted by molar-refractivity contribution is -0.144. The van der Waals surface area contributed by atoms with E-state index in [2.05, 4.69) is 15.4 Å². The van der Waals surface area contributed by atoms with Crippen LogP contribution in [0.2, 0.25) is 0 Å². The molecule has 0 radical (unpaired) electrons. The Morgan fingerprint density at radius 1 is 1.09 bits per heavy atom. The minimum Gasteiger partial charge on any atom is -0.468 e. The molecule has 1 aromatic carbocycles. The molecule has 1 rings (SSSR count). The molecule has 0 aliphatic rings. The number of carbonyl (C=O) groups excluding carboxylic acids is 4. The number of ether oxygens (including phenoxy) is 2. The fourth-order valence-corrected chi connectivity index (χ4v) is 3.28. The molecule has 2 unspecified atom stereocenters. The SMILES string of the molecule is COC(=O)CNC(=O)C(c1ccc(C)cc1C)N(C)C(=O)C(NC(=O)OC(C)(C)C)C(C)C. The van der Waals surface area contributed by atoms with Gasteiger partial charge in [-0.25, -0.2) is 4.79 Å². The second-order valence-corrected chi connectivity index (χ2v) is 9.37. The molecule has 1 aromatic rings. The van der Waals surface area contributed by atoms with Crippen LogP contribution in [-0.4, -0.2) is 61.1 Å². The topological polar surface area (TPSA) is 114 Å². The zero-order valence-electron chi connectivity index (χ0n) is 21.1. The number of nitrogens with zero attached hydrogens (tertiary/aromatic N) is 1. The van der Waals surface area contributed by atoms with Crippen molar-refractivity contribution in [3.8, 4) is 0 Å². The molecule has 184 valence electrons. The third-order valence-electron chi connectivity index (χ3n) is 4.94. The Kier molecular flexibility index (Phi) is 9.88. The van der Waals surface area contributed by atoms with Gasteiger partial charge in [0, 0.05) is 7.05 Å². The highest BCUT2D eigenvalue weighted by Crippen LogP contribution is 2.26. The monoisotopic (exact) mass is 463 g/mol. The van der Waals surface area contributed by atoms with Crippen molar-refractivity contribution in [2.75, 3.05) is 20.7 Å². The maximum atomic E-state index is 13.5. The van der Waals surface area contributed by atoms with Crippen LogP contribution in [0.5, 0.6) is 0 Å². The van der Waals surface area contributed by atoms with Crippen molar-refractivity contribution in [1.82, 2.24) is 15.5 Å². The van der Waals surface area contributed by atoms with Crippen molar-refractivity contribution in [3.05, 3.63) is 34.9 Å². The number of hydrogen-bond acceptors (Lipinski definition) is 6. The summed E-state index contributed by atoms with van der Waals surface area (Å²) in [6.45, 7) is 12.2. The summed E-state index contributed by atoms with van der Waals surface area (Å²) in [4.78, 5) is 51.8. The van der Waals surface area contributed by atoms with Crippen LogP contribution in [-0.2, 0) is 23.9 Å². The Bertz CT molecular complexity index is 875. The number of amides is 3. The maximum absolute atomic E-state index is 13.5. The van der Waals surface area contributed by atoms with E-state index in [1.807, 2.05) is 26.0 Å². The number of esters is 1. The lowest BCUT2D eigenvalue weighted by Crippen LogP contribution is -2.54. The van der Waals surface area contributed by atoms with Crippen molar-refractivity contribution in [3.63, 3.8) is 0 Å². The Labute approximate surface area is 196 Å². The van der Waals surface area contributed by atoms with Crippen LogP contribution in [0.15, 0.2) is 18.2 Å². The van der Waals surface area contributed by atoms with E-state index in [1.165, 1.54) is 19.1 Å². The lowest BCUT2D eigenvalue weighted by atomic mass is 9.95. The van der Waals surface area contributed by atoms with E-state index in [9.17, 15) is 19.2 Å². The van der Waals surface area contributed by atoms with Gasteiger partial charge >= 0.3 is 12.1 Å². The highest BCUT2D eigenvalue weighted by molar-refractivity contribution is 5.93. The summed E-state index contributed by atoms with van der Waals surface area (Å²) in [5.41, 5.74) is 1.70. The Morgan fingerprint density at radius 2 is 1.70 bits per heavy atom. The molecule has 0 heterocycles. The first-order valence-corrected chi connectivity index (χ1v) is 10.9. The summed E-state index contributed by atoms with van der Waals surface area (Å²) < 4.78 is 9.89. The average molecular weight is 464 g/mol. The van der Waals surface area contributed by atoms with Crippen LogP contribution in [0, 0.1) is 19.8 Å². The van der Waals surface area contributed by atoms with Crippen LogP contribution in [0.4, 0.5) is 4.79 Å². The van der Waals surface area contributed by atoms with Gasteiger partial charge in [0.1, 0.15) is 24.2 Å². The minimum absolute atomic E-state index is 0.273. The molecule has 0 aliphatic heterocycles. The fraction of sp³-hybridized carbons (Fsp3) is 0.583. The molecular weight excluding hydrogens is 426 g/mol. The van der Waals surface area contributed by atoms with Crippen LogP contribution in [0.1, 0.15) is 57.4 Å². The van der Waals surface area contributed by atoms with Gasteiger partial charge in [-0.15, -0.1) is 0 Å². The van der Waals surface area contributed by atoms with Crippen molar-refractivity contribution in [2.24, 2.45) is 5.92 Å². The predicted molar refractivity (Wildman–Crippen MR) is 124 cm³/mol. The third-order valence-corrected chi connectivity index (χ3v) is 4.94. The molecule has 2 N–H and O–H groups in total. The number of benzene rings is 1. The van der Waals surface area contributed by atoms with Gasteiger partial charge in [-0.1, -0.05) is 37.6 Å². The first kappa shape index (κ1) is 27.9. The molecule has 0 aromatic heterocycles. The number of methoxy groups -OCH3 is 1. The molecule has 0 aliphatic carbocycles. The van der Waals surface area contributed by atoms with E-state index < -0.39 is 41.6 Å². The summed E-state index contributed by atoms with van der Waals surface area (Å²) in [5, 5.41) is 5.15. The van der Waals surface area contributed by atoms with Gasteiger partial charge in [0.05, 0.1) is 7.11 Å². The van der Waals surface area contributed by atoms with E-state index >= 15 is 0 Å². The van der Waals surface area contributed by atoms with Crippen molar-refractivity contribution in [1.29, 1.82) is 0 Å². The Hall–Kier alpha value is -3.10. The molecular formula is C24H37N3O6. The quantitative estimate of drug-likeness (QED) is 0.573. The summed E-state index contributed by atoms with van der Waals surface area (Å²) in [5.74, 6) is -1.88. The van der Waals surface area contributed by atoms with E-state index in [4.69, 9.17) is 4.74 Å². The number of hydrogen-bond donors (Lipinski definition) is 2. The largest absolute Gasteiger partial charge is 0.468 e. The summed E-state index contributed by atoms with van der Waals surface area (Å²) in [7, 11) is 2.72. The number of likely N-dealkylation sites (N-methyl/N-ethyl adjacent to an activating group) is 1. The number of carbonyl (C=O) groups is 4. The zero-order chi connectivity index (χ0) is 25.5. The molecule has 2 atom stereocenters. The summed E-state index contributed by atoms with van der Waals surface area (Å²) in [6, 6.07) is 3.59. The van der Waals surface area contributed by atoms with Gasteiger partial charge in [0.15, 0.2) is 0 Å². The standard InChI is InChI=1S/C24H37N3O6/c1-14(2)19(26-23(31)33-24(5,6)7)22(30)27(8)20(21(29)25-13-18(28)32-9)17-11-10-15(3)12-16(17)4/h10-12,14,19-20H,13H2,1-9H3,(H,25,29)(H,26,31). The summed E-state index contributed by atoms with van der Waals surface area (Å²) >= 11 is 0. The molecule has 9 nitrogen and oxygen atoms in total. The van der Waals surface area contributed by atoms with Gasteiger partial charge < -0.3 is 25.0 Å². The summed E-state index contributed by atoms with van der Waals surface area (Å²) in [6.07, 6.45) is -0.721. The van der Waals surface area contributed by atoms with E-state index in [1.54, 1.807) is 40.7 Å². The average Bonchev–Trinajstić information content (AvgIpc) is 2.69. The smallest absolute Gasteiger partial charge is 0.408 e. The van der Waals surface area contributed by atoms with Crippen LogP contribution in [0.25, 0.3) is 0 Å². The number of aryl methyl sites for hydroxylation is 2. The zero-order valence-corrected chi connectivity index (χ0v) is 21.1. The van der Waals surface area contributed by atoms with Gasteiger partial charge in [0.2, 0.25) is 11.8 Å². The van der Waals surface area contributed by atoms with Crippen LogP contribution >= 0.6 is 0 Å². The molecule has 33 heavy (non-hydrogen) atoms. The van der Waals surface area contributed by atoms with Gasteiger partial charge in [-0.2, -0.15) is 0 Å². The highest BCUT2D eigenvalue weighted by atomic mass is 16.6. The molecule has 0 saturated carbocycles. The number of alkyl carbamates (subject to hydrolysis) is 1. The molecule has 0 spiro atoms. The molecule has 0 saturated heterocycles. The van der Waals surface area contributed by atoms with E-state index in [-0.39, 0.29) is 12.5 Å². The fourth-order valence-electron chi connectivity index (χ4n) is 3.28. The van der Waals surface area contributed by atoms with E-state index in [0.29, 0.717) is 5.56 Å². The third kappa shape index (κ3) is 8.40. The van der Waals surface area contributed by atoms with Crippen molar-refractivity contribution in [2.45, 2.75) is 66.2 Å². The second kappa shape index (κ2) is 11.7. The van der Waals surface area contributed by atoms with Crippen LogP contribution in [0.3, 0.4) is 0 Å². The normalized spacial score (nSPS) is 13.0. The highest BCUT2D eigenvalue weighted by Gasteiger charge is 2.36. The molecule has 3 amide bonds. The van der Waals surface area contributed by atoms with Crippen molar-refractivity contribution >= 4 is 23.9 Å². The Morgan fingerprint density at radius 3 is 2.18 bits per heavy atom. The Balaban J connectivity index is 3.28. The van der Waals surface area contributed by atoms with Gasteiger partial charge in [-0.3, -0.25) is 14.4 Å².